The van der Waals surface area contributed by atoms with Gasteiger partial charge in [-0.2, -0.15) is 0 Å². The number of hydrogen-bond acceptors (Lipinski definition) is 5. The number of rotatable bonds is 2. The van der Waals surface area contributed by atoms with E-state index in [0.29, 0.717) is 12.4 Å². The van der Waals surface area contributed by atoms with Crippen molar-refractivity contribution in [2.24, 2.45) is 0 Å². The van der Waals surface area contributed by atoms with Crippen molar-refractivity contribution in [1.29, 1.82) is 0 Å². The highest BCUT2D eigenvalue weighted by Gasteiger charge is 2.39. The van der Waals surface area contributed by atoms with Crippen molar-refractivity contribution in [2.45, 2.75) is 11.8 Å². The van der Waals surface area contributed by atoms with E-state index in [9.17, 15) is 9.90 Å². The molecule has 112 valence electrons. The van der Waals surface area contributed by atoms with Crippen LogP contribution in [0.1, 0.15) is 23.0 Å². The van der Waals surface area contributed by atoms with Gasteiger partial charge in [0.25, 0.3) is 0 Å². The summed E-state index contributed by atoms with van der Waals surface area (Å²) in [5.41, 5.74) is 1.82. The molecule has 2 heterocycles. The fourth-order valence-corrected chi connectivity index (χ4v) is 3.00. The Hall–Kier alpha value is -2.69. The Labute approximate surface area is 127 Å². The van der Waals surface area contributed by atoms with Gasteiger partial charge in [0.05, 0.1) is 12.5 Å². The zero-order valence-corrected chi connectivity index (χ0v) is 11.7. The van der Waals surface area contributed by atoms with E-state index in [0.717, 1.165) is 16.9 Å². The van der Waals surface area contributed by atoms with Crippen molar-refractivity contribution < 1.29 is 24.1 Å². The molecule has 0 aromatic heterocycles. The number of carbonyl (C=O) groups excluding carboxylic acids is 1. The van der Waals surface area contributed by atoms with E-state index < -0.39 is 0 Å². The summed E-state index contributed by atoms with van der Waals surface area (Å²) in [6.45, 7) is 0.560. The predicted octanol–water partition coefficient (Wildman–Crippen LogP) is 2.55. The third kappa shape index (κ3) is 2.06. The number of hydrogen-bond donors (Lipinski definition) is 1. The van der Waals surface area contributed by atoms with Crippen LogP contribution in [-0.2, 0) is 9.53 Å². The van der Waals surface area contributed by atoms with Crippen LogP contribution in [0.4, 0.5) is 0 Å². The molecule has 1 N–H and O–H groups in total. The molecule has 0 bridgehead atoms. The second-order valence-electron chi connectivity index (χ2n) is 5.42. The summed E-state index contributed by atoms with van der Waals surface area (Å²) >= 11 is 0. The molecule has 1 saturated heterocycles. The number of cyclic esters (lactones) is 1. The minimum Gasteiger partial charge on any atom is -0.508 e. The Morgan fingerprint density at radius 3 is 2.45 bits per heavy atom. The summed E-state index contributed by atoms with van der Waals surface area (Å²) < 4.78 is 16.0. The average Bonchev–Trinajstić information content (AvgIpc) is 3.14. The molecular weight excluding hydrogens is 284 g/mol. The van der Waals surface area contributed by atoms with Gasteiger partial charge in [-0.1, -0.05) is 18.2 Å². The van der Waals surface area contributed by atoms with Gasteiger partial charge in [-0.15, -0.1) is 0 Å². The monoisotopic (exact) mass is 298 g/mol. The van der Waals surface area contributed by atoms with E-state index in [4.69, 9.17) is 14.2 Å². The van der Waals surface area contributed by atoms with E-state index in [2.05, 4.69) is 0 Å². The van der Waals surface area contributed by atoms with Gasteiger partial charge in [0.2, 0.25) is 6.79 Å². The fourth-order valence-electron chi connectivity index (χ4n) is 3.00. The van der Waals surface area contributed by atoms with E-state index in [1.165, 1.54) is 0 Å². The van der Waals surface area contributed by atoms with Gasteiger partial charge in [0.15, 0.2) is 11.5 Å². The third-order valence-electron chi connectivity index (χ3n) is 4.14. The first-order valence-electron chi connectivity index (χ1n) is 7.07. The molecule has 0 aliphatic carbocycles. The molecule has 0 saturated carbocycles. The van der Waals surface area contributed by atoms with E-state index >= 15 is 0 Å². The number of ether oxygens (including phenoxy) is 3. The molecule has 0 spiro atoms. The topological polar surface area (TPSA) is 65.0 Å². The van der Waals surface area contributed by atoms with Crippen molar-refractivity contribution >= 4 is 5.97 Å². The molecule has 5 nitrogen and oxygen atoms in total. The highest BCUT2D eigenvalue weighted by atomic mass is 16.7. The molecule has 0 amide bonds. The first-order valence-corrected chi connectivity index (χ1v) is 7.07. The molecular formula is C17H14O5. The van der Waals surface area contributed by atoms with Gasteiger partial charge in [-0.05, 0) is 35.4 Å². The quantitative estimate of drug-likeness (QED) is 0.863. The van der Waals surface area contributed by atoms with Crippen molar-refractivity contribution in [3.63, 3.8) is 0 Å². The number of fused-ring (bicyclic) bond motifs is 1. The summed E-state index contributed by atoms with van der Waals surface area (Å²) in [5, 5.41) is 9.41. The molecule has 1 fully saturated rings. The molecule has 0 radical (unpaired) electrons. The number of phenols is 1. The first-order chi connectivity index (χ1) is 10.7. The minimum absolute atomic E-state index is 0.0773. The second kappa shape index (κ2) is 4.94. The standard InChI is InChI=1S/C17H14O5/c18-12-4-1-10(2-5-12)16-13(8-20-17(16)19)11-3-6-14-15(7-11)22-9-21-14/h1-7,13,16,18H,8-9H2/t13-,16-/m0/s1. The lowest BCUT2D eigenvalue weighted by Crippen LogP contribution is -2.12. The molecule has 0 unspecified atom stereocenters. The van der Waals surface area contributed by atoms with Gasteiger partial charge in [-0.3, -0.25) is 4.79 Å². The van der Waals surface area contributed by atoms with Gasteiger partial charge >= 0.3 is 5.97 Å². The Morgan fingerprint density at radius 1 is 0.909 bits per heavy atom. The van der Waals surface area contributed by atoms with Crippen molar-refractivity contribution in [2.75, 3.05) is 13.4 Å². The molecule has 2 aliphatic rings. The van der Waals surface area contributed by atoms with Crippen LogP contribution in [0.3, 0.4) is 0 Å². The lowest BCUT2D eigenvalue weighted by Gasteiger charge is -2.16. The van der Waals surface area contributed by atoms with Gasteiger partial charge in [-0.25, -0.2) is 0 Å². The summed E-state index contributed by atoms with van der Waals surface area (Å²) in [6.07, 6.45) is 0. The maximum absolute atomic E-state index is 12.1. The zero-order chi connectivity index (χ0) is 15.1. The van der Waals surface area contributed by atoms with Crippen molar-refractivity contribution in [3.8, 4) is 17.2 Å². The molecule has 2 atom stereocenters. The van der Waals surface area contributed by atoms with Gasteiger partial charge in [0, 0.05) is 5.92 Å². The van der Waals surface area contributed by atoms with Crippen molar-refractivity contribution in [1.82, 2.24) is 0 Å². The number of carbonyl (C=O) groups is 1. The SMILES string of the molecule is O=C1OC[C@@H](c2ccc3c(c2)OCO3)[C@@H]1c1ccc(O)cc1. The molecule has 22 heavy (non-hydrogen) atoms. The van der Waals surface area contributed by atoms with Crippen LogP contribution in [0.15, 0.2) is 42.5 Å². The normalized spacial score (nSPS) is 22.6. The van der Waals surface area contributed by atoms with Gasteiger partial charge in [0.1, 0.15) is 5.75 Å². The Balaban J connectivity index is 1.71. The van der Waals surface area contributed by atoms with Crippen LogP contribution in [0.2, 0.25) is 0 Å². The minimum atomic E-state index is -0.374. The van der Waals surface area contributed by atoms with Crippen LogP contribution < -0.4 is 9.47 Å². The lowest BCUT2D eigenvalue weighted by molar-refractivity contribution is -0.139. The maximum atomic E-state index is 12.1. The van der Waals surface area contributed by atoms with Crippen LogP contribution in [0, 0.1) is 0 Å². The Kier molecular flexibility index (Phi) is 2.92. The largest absolute Gasteiger partial charge is 0.508 e. The molecule has 2 aliphatic heterocycles. The smallest absolute Gasteiger partial charge is 0.314 e. The summed E-state index contributed by atoms with van der Waals surface area (Å²) in [4.78, 5) is 12.1. The Bertz CT molecular complexity index is 722. The van der Waals surface area contributed by atoms with Gasteiger partial charge < -0.3 is 19.3 Å². The number of esters is 1. The average molecular weight is 298 g/mol. The summed E-state index contributed by atoms with van der Waals surface area (Å²) in [5.74, 6) is 0.895. The van der Waals surface area contributed by atoms with E-state index in [1.807, 2.05) is 18.2 Å². The first kappa shape index (κ1) is 13.0. The lowest BCUT2D eigenvalue weighted by atomic mass is 9.83. The highest BCUT2D eigenvalue weighted by Crippen LogP contribution is 2.42. The predicted molar refractivity (Wildman–Crippen MR) is 77.1 cm³/mol. The summed E-state index contributed by atoms with van der Waals surface area (Å²) in [7, 11) is 0. The zero-order valence-electron chi connectivity index (χ0n) is 11.7. The second-order valence-corrected chi connectivity index (χ2v) is 5.42. The number of aromatic hydroxyl groups is 1. The van der Waals surface area contributed by atoms with E-state index in [1.54, 1.807) is 24.3 Å². The number of phenolic OH excluding ortho intramolecular Hbond substituents is 1. The highest BCUT2D eigenvalue weighted by molar-refractivity contribution is 5.82. The van der Waals surface area contributed by atoms with Crippen molar-refractivity contribution in [3.05, 3.63) is 53.6 Å². The van der Waals surface area contributed by atoms with Crippen LogP contribution in [0.5, 0.6) is 17.2 Å². The fraction of sp³-hybridized carbons (Fsp3) is 0.235. The van der Waals surface area contributed by atoms with Crippen LogP contribution >= 0.6 is 0 Å². The molecule has 4 rings (SSSR count). The molecule has 2 aromatic carbocycles. The maximum Gasteiger partial charge on any atom is 0.314 e. The van der Waals surface area contributed by atoms with Crippen LogP contribution in [-0.4, -0.2) is 24.5 Å². The molecule has 5 heteroatoms. The Morgan fingerprint density at radius 2 is 1.64 bits per heavy atom. The number of benzene rings is 2. The summed E-state index contributed by atoms with van der Waals surface area (Å²) in [6, 6.07) is 12.4. The molecule has 2 aromatic rings. The third-order valence-corrected chi connectivity index (χ3v) is 4.14. The van der Waals surface area contributed by atoms with E-state index in [-0.39, 0.29) is 30.3 Å². The van der Waals surface area contributed by atoms with Crippen LogP contribution in [0.25, 0.3) is 0 Å².